The molecule has 4 N–H and O–H groups in total. The molecule has 1 amide bonds. The average Bonchev–Trinajstić information content (AvgIpc) is 2.83. The number of carbonyl (C=O) groups excluding carboxylic acids is 1. The van der Waals surface area contributed by atoms with Crippen LogP contribution in [0.25, 0.3) is 11.0 Å². The lowest BCUT2D eigenvalue weighted by molar-refractivity contribution is -0.123. The molecule has 12 heteroatoms. The van der Waals surface area contributed by atoms with Crippen molar-refractivity contribution in [2.75, 3.05) is 19.0 Å². The molecule has 0 radical (unpaired) electrons. The predicted molar refractivity (Wildman–Crippen MR) is 135 cm³/mol. The van der Waals surface area contributed by atoms with Crippen LogP contribution in [0.4, 0.5) is 20.3 Å². The van der Waals surface area contributed by atoms with Crippen LogP contribution in [0.15, 0.2) is 35.6 Å². The molecule has 3 aromatic rings. The van der Waals surface area contributed by atoms with Gasteiger partial charge in [0.15, 0.2) is 29.2 Å². The second kappa shape index (κ2) is 9.58. The minimum atomic E-state index is -1.31. The van der Waals surface area contributed by atoms with Gasteiger partial charge in [-0.05, 0) is 26.0 Å². The summed E-state index contributed by atoms with van der Waals surface area (Å²) in [7, 11) is 1.50. The Morgan fingerprint density at radius 1 is 1.33 bits per heavy atom. The molecule has 2 aromatic heterocycles. The first kappa shape index (κ1) is 25.1. The van der Waals surface area contributed by atoms with Crippen LogP contribution < -0.4 is 21.1 Å². The summed E-state index contributed by atoms with van der Waals surface area (Å²) < 4.78 is 34.2. The van der Waals surface area contributed by atoms with Crippen LogP contribution in [-0.2, 0) is 10.3 Å². The highest BCUT2D eigenvalue weighted by Gasteiger charge is 2.47. The van der Waals surface area contributed by atoms with Gasteiger partial charge in [-0.2, -0.15) is 0 Å². The maximum atomic E-state index is 15.1. The third-order valence-electron chi connectivity index (χ3n) is 5.69. The zero-order chi connectivity index (χ0) is 26.1. The normalized spacial score (nSPS) is 21.4. The van der Waals surface area contributed by atoms with Crippen LogP contribution >= 0.6 is 11.8 Å². The number of nitrogens with zero attached hydrogens (tertiary/aromatic N) is 4. The van der Waals surface area contributed by atoms with Gasteiger partial charge in [0.1, 0.15) is 10.3 Å². The number of rotatable bonds is 6. The summed E-state index contributed by atoms with van der Waals surface area (Å²) >= 11 is 1.08. The van der Waals surface area contributed by atoms with E-state index in [1.807, 2.05) is 0 Å². The summed E-state index contributed by atoms with van der Waals surface area (Å²) in [5.41, 5.74) is 5.70. The van der Waals surface area contributed by atoms with Crippen LogP contribution in [0, 0.1) is 24.0 Å². The third kappa shape index (κ3) is 4.74. The Hall–Kier alpha value is -3.98. The lowest BCUT2D eigenvalue weighted by Crippen LogP contribution is -2.49. The number of carbonyl (C=O) groups is 1. The second-order valence-corrected chi connectivity index (χ2v) is 10.0. The van der Waals surface area contributed by atoms with Crippen molar-refractivity contribution in [3.8, 4) is 18.2 Å². The number of anilines is 2. The fraction of sp³-hybridized carbons (Fsp3) is 0.292. The molecule has 4 rings (SSSR count). The quantitative estimate of drug-likeness (QED) is 0.431. The first-order valence-corrected chi connectivity index (χ1v) is 11.6. The number of terminal acetylenes is 1. The van der Waals surface area contributed by atoms with E-state index in [1.54, 1.807) is 19.9 Å². The fourth-order valence-electron chi connectivity index (χ4n) is 4.17. The number of thioether (sulfide) groups is 1. The Kier molecular flexibility index (Phi) is 6.69. The molecule has 2 atom stereocenters. The van der Waals surface area contributed by atoms with Gasteiger partial charge in [0.25, 0.3) is 0 Å². The number of nitrogens with two attached hydrogens (primary N) is 1. The third-order valence-corrected chi connectivity index (χ3v) is 6.77. The summed E-state index contributed by atoms with van der Waals surface area (Å²) in [5, 5.41) is 5.68. The van der Waals surface area contributed by atoms with Gasteiger partial charge in [0.05, 0.1) is 17.3 Å². The van der Waals surface area contributed by atoms with Gasteiger partial charge in [-0.3, -0.25) is 9.79 Å². The Balaban J connectivity index is 1.74. The van der Waals surface area contributed by atoms with E-state index >= 15 is 4.39 Å². The number of hydrogen-bond donors (Lipinski definition) is 3. The number of halogens is 2. The van der Waals surface area contributed by atoms with Crippen LogP contribution in [0.5, 0.6) is 5.88 Å². The number of nitrogens with one attached hydrogen (secondary N) is 2. The monoisotopic (exact) mass is 511 g/mol. The highest BCUT2D eigenvalue weighted by molar-refractivity contribution is 8.15. The summed E-state index contributed by atoms with van der Waals surface area (Å²) in [6, 6.07) is 4.06. The van der Waals surface area contributed by atoms with Gasteiger partial charge < -0.3 is 21.1 Å². The van der Waals surface area contributed by atoms with Crippen molar-refractivity contribution in [3.63, 3.8) is 0 Å². The molecule has 186 valence electrons. The molecule has 9 nitrogen and oxygen atoms in total. The number of ether oxygens (including phenoxy) is 1. The number of amidine groups is 1. The minimum absolute atomic E-state index is 0.0389. The molecule has 36 heavy (non-hydrogen) atoms. The maximum Gasteiger partial charge on any atom is 0.236 e. The van der Waals surface area contributed by atoms with Crippen molar-refractivity contribution in [3.05, 3.63) is 47.8 Å². The summed E-state index contributed by atoms with van der Waals surface area (Å²) in [5.74, 6) is 0.388. The summed E-state index contributed by atoms with van der Waals surface area (Å²) in [6.07, 6.45) is 8.17. The van der Waals surface area contributed by atoms with Gasteiger partial charge >= 0.3 is 0 Å². The van der Waals surface area contributed by atoms with E-state index in [4.69, 9.17) is 16.9 Å². The van der Waals surface area contributed by atoms with Gasteiger partial charge in [-0.15, -0.1) is 6.42 Å². The van der Waals surface area contributed by atoms with Gasteiger partial charge in [0.2, 0.25) is 11.8 Å². The molecule has 1 aliphatic heterocycles. The molecule has 0 fully saturated rings. The lowest BCUT2D eigenvalue weighted by atomic mass is 9.82. The Morgan fingerprint density at radius 3 is 2.83 bits per heavy atom. The first-order valence-electron chi connectivity index (χ1n) is 10.8. The number of aromatic nitrogens is 3. The standard InChI is InChI=1S/C24H23F2N7O2S/c1-5-8-35-17-11-30-19-16(32-17)6-7-29-20(19)31-13-9-14(18(26)15(25)10-13)23(2)12-24(3,21(34)28-4)36-22(27)33-23/h1,6-7,9-11H,8,12H2,2-4H3,(H2,27,33)(H,28,34)(H,29,31)/t23-,24+/m0/s1. The highest BCUT2D eigenvalue weighted by atomic mass is 32.2. The summed E-state index contributed by atoms with van der Waals surface area (Å²) in [6.45, 7) is 3.34. The molecule has 1 aromatic carbocycles. The lowest BCUT2D eigenvalue weighted by Gasteiger charge is -2.40. The van der Waals surface area contributed by atoms with Crippen LogP contribution in [0.3, 0.4) is 0 Å². The van der Waals surface area contributed by atoms with Crippen molar-refractivity contribution in [2.45, 2.75) is 30.6 Å². The van der Waals surface area contributed by atoms with E-state index in [0.717, 1.165) is 17.8 Å². The minimum Gasteiger partial charge on any atom is -0.463 e. The molecule has 0 saturated carbocycles. The predicted octanol–water partition coefficient (Wildman–Crippen LogP) is 3.23. The zero-order valence-corrected chi connectivity index (χ0v) is 20.5. The number of amides is 1. The maximum absolute atomic E-state index is 15.1. The van der Waals surface area contributed by atoms with Crippen molar-refractivity contribution in [2.24, 2.45) is 10.7 Å². The fourth-order valence-corrected chi connectivity index (χ4v) is 5.43. The molecule has 0 bridgehead atoms. The first-order chi connectivity index (χ1) is 17.1. The second-order valence-electron chi connectivity index (χ2n) is 8.49. The van der Waals surface area contributed by atoms with Crippen molar-refractivity contribution in [1.82, 2.24) is 20.3 Å². The van der Waals surface area contributed by atoms with Gasteiger partial charge in [-0.25, -0.2) is 23.7 Å². The molecule has 0 spiro atoms. The molecule has 0 unspecified atom stereocenters. The van der Waals surface area contributed by atoms with E-state index in [9.17, 15) is 9.18 Å². The Labute approximate surface area is 210 Å². The van der Waals surface area contributed by atoms with Crippen molar-refractivity contribution in [1.29, 1.82) is 0 Å². The zero-order valence-electron chi connectivity index (χ0n) is 19.7. The van der Waals surface area contributed by atoms with E-state index in [0.29, 0.717) is 11.0 Å². The van der Waals surface area contributed by atoms with E-state index < -0.39 is 21.9 Å². The molecule has 3 heterocycles. The average molecular weight is 512 g/mol. The largest absolute Gasteiger partial charge is 0.463 e. The molecular weight excluding hydrogens is 488 g/mol. The Bertz CT molecular complexity index is 1430. The van der Waals surface area contributed by atoms with Crippen LogP contribution in [0.2, 0.25) is 0 Å². The number of aliphatic imine (C=N–C) groups is 1. The topological polar surface area (TPSA) is 127 Å². The number of fused-ring (bicyclic) bond motifs is 1. The molecule has 0 saturated heterocycles. The van der Waals surface area contributed by atoms with Gasteiger partial charge in [0, 0.05) is 37.0 Å². The number of hydrogen-bond acceptors (Lipinski definition) is 9. The van der Waals surface area contributed by atoms with E-state index in [1.165, 1.54) is 25.5 Å². The van der Waals surface area contributed by atoms with Crippen LogP contribution in [0.1, 0.15) is 25.8 Å². The van der Waals surface area contributed by atoms with Crippen molar-refractivity contribution < 1.29 is 18.3 Å². The van der Waals surface area contributed by atoms with E-state index in [2.05, 4.69) is 36.5 Å². The molecule has 0 aliphatic carbocycles. The van der Waals surface area contributed by atoms with Gasteiger partial charge in [-0.1, -0.05) is 17.7 Å². The molecular formula is C24H23F2N7O2S. The molecule has 1 aliphatic rings. The Morgan fingerprint density at radius 2 is 2.11 bits per heavy atom. The summed E-state index contributed by atoms with van der Waals surface area (Å²) in [4.78, 5) is 29.9. The SMILES string of the molecule is C#CCOc1cnc2c(Nc3cc(F)c(F)c([C@]4(C)C[C@](C)(C(=O)NC)SC(N)=N4)c3)nccc2n1. The van der Waals surface area contributed by atoms with Crippen molar-refractivity contribution >= 4 is 45.4 Å². The number of benzene rings is 1. The highest BCUT2D eigenvalue weighted by Crippen LogP contribution is 2.46. The van der Waals surface area contributed by atoms with Crippen LogP contribution in [-0.4, -0.2) is 44.4 Å². The smallest absolute Gasteiger partial charge is 0.236 e. The van der Waals surface area contributed by atoms with E-state index in [-0.39, 0.29) is 47.1 Å². The number of pyridine rings is 1.